The number of rotatable bonds is 8. The number of hydrogen-bond acceptors (Lipinski definition) is 8. The van der Waals surface area contributed by atoms with E-state index in [1.54, 1.807) is 41.0 Å². The lowest BCUT2D eigenvalue weighted by molar-refractivity contribution is -0.117. The van der Waals surface area contributed by atoms with E-state index in [1.165, 1.54) is 37.4 Å². The third-order valence-corrected chi connectivity index (χ3v) is 7.30. The smallest absolute Gasteiger partial charge is 0.247 e. The van der Waals surface area contributed by atoms with Gasteiger partial charge in [-0.25, -0.2) is 17.3 Å². The van der Waals surface area contributed by atoms with Crippen LogP contribution < -0.4 is 21.1 Å². The molecule has 5 rings (SSSR count). The lowest BCUT2D eigenvalue weighted by Gasteiger charge is -2.13. The molecule has 40 heavy (non-hydrogen) atoms. The van der Waals surface area contributed by atoms with Crippen molar-refractivity contribution in [3.05, 3.63) is 96.4 Å². The Balaban J connectivity index is 1.31. The molecule has 204 valence electrons. The summed E-state index contributed by atoms with van der Waals surface area (Å²) >= 11 is 0. The highest BCUT2D eigenvalue weighted by Gasteiger charge is 2.19. The summed E-state index contributed by atoms with van der Waals surface area (Å²) in [5, 5.41) is 10.2. The predicted octanol–water partition coefficient (Wildman–Crippen LogP) is 4.33. The number of amides is 1. The highest BCUT2D eigenvalue weighted by Crippen LogP contribution is 2.30. The summed E-state index contributed by atoms with van der Waals surface area (Å²) < 4.78 is 44.6. The van der Waals surface area contributed by atoms with E-state index in [1.807, 2.05) is 18.2 Å². The fourth-order valence-electron chi connectivity index (χ4n) is 4.07. The van der Waals surface area contributed by atoms with E-state index in [-0.39, 0.29) is 10.5 Å². The van der Waals surface area contributed by atoms with Gasteiger partial charge in [0.05, 0.1) is 17.7 Å². The van der Waals surface area contributed by atoms with Crippen molar-refractivity contribution >= 4 is 38.7 Å². The first kappa shape index (κ1) is 26.8. The Kier molecular flexibility index (Phi) is 7.20. The van der Waals surface area contributed by atoms with Gasteiger partial charge in [-0.15, -0.1) is 5.10 Å². The standard InChI is InChI=1S/C28H25FN6O4S/c1-39-24-15-20(40(2,37)38)12-13-23(24)32-28-33-25-14-9-18(16-35(25)34-28)17-7-10-19(11-8-17)31-27(36)26(30)21-5-3-4-6-22(21)29/h3-16,26H,30H2,1-2H3,(H,31,36)(H,32,34)/t26-/m1/s1. The van der Waals surface area contributed by atoms with Crippen LogP contribution in [-0.2, 0) is 14.6 Å². The van der Waals surface area contributed by atoms with Crippen molar-refractivity contribution in [3.63, 3.8) is 0 Å². The third kappa shape index (κ3) is 5.63. The minimum atomic E-state index is -3.39. The zero-order chi connectivity index (χ0) is 28.4. The normalized spacial score (nSPS) is 12.2. The highest BCUT2D eigenvalue weighted by atomic mass is 32.2. The number of halogens is 1. The first-order valence-electron chi connectivity index (χ1n) is 12.1. The molecule has 10 nitrogen and oxygen atoms in total. The number of ether oxygens (including phenoxy) is 1. The van der Waals surface area contributed by atoms with E-state index < -0.39 is 27.6 Å². The number of anilines is 3. The van der Waals surface area contributed by atoms with Crippen LogP contribution in [0, 0.1) is 5.82 Å². The van der Waals surface area contributed by atoms with E-state index in [0.717, 1.165) is 17.4 Å². The summed E-state index contributed by atoms with van der Waals surface area (Å²) in [5.41, 5.74) is 9.40. The maximum absolute atomic E-state index is 14.0. The second kappa shape index (κ2) is 10.8. The molecule has 0 unspecified atom stereocenters. The van der Waals surface area contributed by atoms with Crippen LogP contribution in [0.25, 0.3) is 16.8 Å². The van der Waals surface area contributed by atoms with Crippen molar-refractivity contribution in [2.24, 2.45) is 5.73 Å². The monoisotopic (exact) mass is 560 g/mol. The minimum Gasteiger partial charge on any atom is -0.495 e. The van der Waals surface area contributed by atoms with Crippen molar-refractivity contribution < 1.29 is 22.3 Å². The number of benzene rings is 3. The lowest BCUT2D eigenvalue weighted by Crippen LogP contribution is -2.28. The number of carbonyl (C=O) groups excluding carboxylic acids is 1. The number of hydrogen-bond donors (Lipinski definition) is 3. The van der Waals surface area contributed by atoms with E-state index in [9.17, 15) is 17.6 Å². The van der Waals surface area contributed by atoms with Gasteiger partial charge in [0.15, 0.2) is 15.5 Å². The molecule has 2 heterocycles. The zero-order valence-corrected chi connectivity index (χ0v) is 22.3. The fourth-order valence-corrected chi connectivity index (χ4v) is 4.70. The SMILES string of the molecule is COc1cc(S(C)(=O)=O)ccc1Nc1nc2ccc(-c3ccc(NC(=O)[C@H](N)c4ccccc4F)cc3)cn2n1. The van der Waals surface area contributed by atoms with Gasteiger partial charge >= 0.3 is 0 Å². The van der Waals surface area contributed by atoms with E-state index in [2.05, 4.69) is 20.7 Å². The predicted molar refractivity (Wildman–Crippen MR) is 150 cm³/mol. The number of carbonyl (C=O) groups is 1. The number of nitrogens with one attached hydrogen (secondary N) is 2. The Labute approximate surface area is 229 Å². The average molecular weight is 561 g/mol. The molecule has 0 spiro atoms. The zero-order valence-electron chi connectivity index (χ0n) is 21.5. The molecule has 0 aliphatic heterocycles. The molecule has 5 aromatic rings. The Morgan fingerprint density at radius 2 is 1.75 bits per heavy atom. The molecule has 12 heteroatoms. The Morgan fingerprint density at radius 3 is 2.45 bits per heavy atom. The Morgan fingerprint density at radius 1 is 1.02 bits per heavy atom. The van der Waals surface area contributed by atoms with E-state index in [0.29, 0.717) is 28.7 Å². The van der Waals surface area contributed by atoms with Crippen molar-refractivity contribution in [1.82, 2.24) is 14.6 Å². The molecule has 4 N–H and O–H groups in total. The number of pyridine rings is 1. The summed E-state index contributed by atoms with van der Waals surface area (Å²) in [7, 11) is -1.94. The average Bonchev–Trinajstić information content (AvgIpc) is 3.34. The van der Waals surface area contributed by atoms with Gasteiger partial charge < -0.3 is 21.1 Å². The van der Waals surface area contributed by atoms with Gasteiger partial charge in [0, 0.05) is 35.3 Å². The van der Waals surface area contributed by atoms with Crippen molar-refractivity contribution in [2.75, 3.05) is 24.0 Å². The van der Waals surface area contributed by atoms with Crippen LogP contribution in [0.1, 0.15) is 11.6 Å². The first-order chi connectivity index (χ1) is 19.1. The van der Waals surface area contributed by atoms with Gasteiger partial charge in [0.2, 0.25) is 11.9 Å². The summed E-state index contributed by atoms with van der Waals surface area (Å²) in [4.78, 5) is 17.1. The minimum absolute atomic E-state index is 0.121. The molecule has 1 amide bonds. The first-order valence-corrected chi connectivity index (χ1v) is 13.9. The van der Waals surface area contributed by atoms with Crippen molar-refractivity contribution in [2.45, 2.75) is 10.9 Å². The molecule has 0 saturated heterocycles. The van der Waals surface area contributed by atoms with Gasteiger partial charge in [-0.2, -0.15) is 4.98 Å². The molecule has 1 atom stereocenters. The summed E-state index contributed by atoms with van der Waals surface area (Å²) in [6.07, 6.45) is 2.93. The molecule has 0 aliphatic rings. The second-order valence-corrected chi connectivity index (χ2v) is 11.0. The number of fused-ring (bicyclic) bond motifs is 1. The lowest BCUT2D eigenvalue weighted by atomic mass is 10.1. The van der Waals surface area contributed by atoms with Crippen LogP contribution in [0.15, 0.2) is 90.0 Å². The molecule has 0 saturated carbocycles. The maximum atomic E-state index is 14.0. The molecule has 0 fully saturated rings. The molecular weight excluding hydrogens is 535 g/mol. The molecule has 2 aromatic heterocycles. The highest BCUT2D eigenvalue weighted by molar-refractivity contribution is 7.90. The van der Waals surface area contributed by atoms with Gasteiger partial charge in [-0.3, -0.25) is 4.79 Å². The second-order valence-electron chi connectivity index (χ2n) is 8.98. The summed E-state index contributed by atoms with van der Waals surface area (Å²) in [6.45, 7) is 0. The Bertz CT molecular complexity index is 1820. The number of sulfone groups is 1. The van der Waals surface area contributed by atoms with Gasteiger partial charge in [-0.1, -0.05) is 30.3 Å². The summed E-state index contributed by atoms with van der Waals surface area (Å²) in [6, 6.07) is 20.1. The number of methoxy groups -OCH3 is 1. The van der Waals surface area contributed by atoms with E-state index >= 15 is 0 Å². The maximum Gasteiger partial charge on any atom is 0.247 e. The molecule has 0 bridgehead atoms. The van der Waals surface area contributed by atoms with Crippen LogP contribution in [0.4, 0.5) is 21.7 Å². The van der Waals surface area contributed by atoms with E-state index in [4.69, 9.17) is 10.5 Å². The number of nitrogens with zero attached hydrogens (tertiary/aromatic N) is 3. The van der Waals surface area contributed by atoms with Crippen LogP contribution in [0.5, 0.6) is 5.75 Å². The van der Waals surface area contributed by atoms with Gasteiger partial charge in [0.25, 0.3) is 0 Å². The van der Waals surface area contributed by atoms with Crippen LogP contribution in [0.3, 0.4) is 0 Å². The topological polar surface area (TPSA) is 141 Å². The van der Waals surface area contributed by atoms with Gasteiger partial charge in [-0.05, 0) is 48.0 Å². The van der Waals surface area contributed by atoms with Crippen molar-refractivity contribution in [3.8, 4) is 16.9 Å². The fraction of sp³-hybridized carbons (Fsp3) is 0.107. The van der Waals surface area contributed by atoms with Gasteiger partial charge in [0.1, 0.15) is 17.6 Å². The molecular formula is C28H25FN6O4S. The van der Waals surface area contributed by atoms with Crippen molar-refractivity contribution in [1.29, 1.82) is 0 Å². The van der Waals surface area contributed by atoms with Crippen LogP contribution in [0.2, 0.25) is 0 Å². The Hall–Kier alpha value is -4.81. The largest absolute Gasteiger partial charge is 0.495 e. The molecule has 3 aromatic carbocycles. The van der Waals surface area contributed by atoms with Crippen LogP contribution >= 0.6 is 0 Å². The summed E-state index contributed by atoms with van der Waals surface area (Å²) in [5.74, 6) is -0.424. The van der Waals surface area contributed by atoms with Crippen LogP contribution in [-0.4, -0.2) is 42.3 Å². The quantitative estimate of drug-likeness (QED) is 0.255. The number of nitrogens with two attached hydrogens (primary N) is 1. The molecule has 0 radical (unpaired) electrons. The molecule has 0 aliphatic carbocycles. The third-order valence-electron chi connectivity index (χ3n) is 6.19. The number of aromatic nitrogens is 3.